The van der Waals surface area contributed by atoms with Gasteiger partial charge in [0.1, 0.15) is 5.69 Å². The Bertz CT molecular complexity index is 530. The molecule has 0 heterocycles. The fourth-order valence-electron chi connectivity index (χ4n) is 2.62. The van der Waals surface area contributed by atoms with E-state index in [-0.39, 0.29) is 12.5 Å². The van der Waals surface area contributed by atoms with Gasteiger partial charge in [-0.2, -0.15) is 0 Å². The van der Waals surface area contributed by atoms with Crippen molar-refractivity contribution in [1.29, 1.82) is 0 Å². The zero-order valence-corrected chi connectivity index (χ0v) is 11.3. The van der Waals surface area contributed by atoms with Crippen LogP contribution in [0.5, 0.6) is 0 Å². The molecular weight excluding hydrogens is 288 g/mol. The highest BCUT2D eigenvalue weighted by atomic mass is 19.2. The Labute approximate surface area is 119 Å². The summed E-state index contributed by atoms with van der Waals surface area (Å²) in [6.45, 7) is 0. The topological polar surface area (TPSA) is 55.1 Å². The van der Waals surface area contributed by atoms with Crippen LogP contribution < -0.4 is 11.1 Å². The minimum Gasteiger partial charge on any atom is -0.325 e. The van der Waals surface area contributed by atoms with Crippen molar-refractivity contribution in [2.45, 2.75) is 44.1 Å². The summed E-state index contributed by atoms with van der Waals surface area (Å²) in [5.74, 6) is -7.15. The Morgan fingerprint density at radius 1 is 1.10 bits per heavy atom. The molecule has 0 aliphatic heterocycles. The van der Waals surface area contributed by atoms with Crippen molar-refractivity contribution < 1.29 is 22.4 Å². The van der Waals surface area contributed by atoms with E-state index in [4.69, 9.17) is 5.73 Å². The van der Waals surface area contributed by atoms with Gasteiger partial charge in [0.05, 0.1) is 0 Å². The number of carbonyl (C=O) groups excluding carboxylic acids is 1. The molecule has 1 aromatic carbocycles. The fourth-order valence-corrected chi connectivity index (χ4v) is 2.62. The maximum absolute atomic E-state index is 13.4. The predicted molar refractivity (Wildman–Crippen MR) is 69.5 cm³/mol. The Hall–Kier alpha value is -1.63. The van der Waals surface area contributed by atoms with Crippen molar-refractivity contribution in [1.82, 2.24) is 0 Å². The predicted octanol–water partition coefficient (Wildman–Crippen LogP) is 3.23. The minimum absolute atomic E-state index is 0.0892. The lowest BCUT2D eigenvalue weighted by Crippen LogP contribution is -2.44. The normalized spacial score (nSPS) is 17.6. The third kappa shape index (κ3) is 3.53. The molecule has 0 unspecified atom stereocenters. The van der Waals surface area contributed by atoms with Gasteiger partial charge in [-0.25, -0.2) is 17.6 Å². The lowest BCUT2D eigenvalue weighted by atomic mass is 9.80. The van der Waals surface area contributed by atoms with Crippen molar-refractivity contribution in [2.24, 2.45) is 5.73 Å². The van der Waals surface area contributed by atoms with Gasteiger partial charge < -0.3 is 11.1 Å². The molecular formula is C14H16F4N2O. The first-order valence-electron chi connectivity index (χ1n) is 6.74. The Kier molecular flexibility index (Phi) is 4.51. The molecule has 2 rings (SSSR count). The number of nitrogens with one attached hydrogen (secondary N) is 1. The van der Waals surface area contributed by atoms with Crippen LogP contribution in [0.1, 0.15) is 38.5 Å². The average molecular weight is 304 g/mol. The van der Waals surface area contributed by atoms with Crippen LogP contribution in [-0.2, 0) is 4.79 Å². The quantitative estimate of drug-likeness (QED) is 0.665. The summed E-state index contributed by atoms with van der Waals surface area (Å²) in [5.41, 5.74) is 4.20. The number of hydrogen-bond donors (Lipinski definition) is 2. The zero-order valence-electron chi connectivity index (χ0n) is 11.3. The smallest absolute Gasteiger partial charge is 0.226 e. The summed E-state index contributed by atoms with van der Waals surface area (Å²) in [4.78, 5) is 11.8. The van der Waals surface area contributed by atoms with E-state index in [9.17, 15) is 22.4 Å². The monoisotopic (exact) mass is 304 g/mol. The standard InChI is InChI=1S/C14H16F4N2O/c15-8-6-9(16)12(18)13(11(8)17)20-10(21)7-14(19)4-2-1-3-5-14/h6H,1-5,7,19H2,(H,20,21). The van der Waals surface area contributed by atoms with Gasteiger partial charge in [0.15, 0.2) is 23.3 Å². The van der Waals surface area contributed by atoms with Crippen LogP contribution in [-0.4, -0.2) is 11.4 Å². The van der Waals surface area contributed by atoms with Crippen LogP contribution in [0, 0.1) is 23.3 Å². The highest BCUT2D eigenvalue weighted by Crippen LogP contribution is 2.30. The molecule has 0 radical (unpaired) electrons. The minimum atomic E-state index is -1.63. The second kappa shape index (κ2) is 6.01. The molecule has 21 heavy (non-hydrogen) atoms. The van der Waals surface area contributed by atoms with Crippen LogP contribution >= 0.6 is 0 Å². The fraction of sp³-hybridized carbons (Fsp3) is 0.500. The van der Waals surface area contributed by atoms with E-state index >= 15 is 0 Å². The lowest BCUT2D eigenvalue weighted by molar-refractivity contribution is -0.117. The highest BCUT2D eigenvalue weighted by Gasteiger charge is 2.31. The molecule has 3 N–H and O–H groups in total. The molecule has 1 saturated carbocycles. The van der Waals surface area contributed by atoms with Gasteiger partial charge >= 0.3 is 0 Å². The average Bonchev–Trinajstić information content (AvgIpc) is 2.41. The maximum atomic E-state index is 13.4. The van der Waals surface area contributed by atoms with Crippen molar-refractivity contribution in [2.75, 3.05) is 5.32 Å². The SMILES string of the molecule is NC1(CC(=O)Nc2c(F)c(F)cc(F)c2F)CCCCC1. The van der Waals surface area contributed by atoms with E-state index in [1.54, 1.807) is 0 Å². The summed E-state index contributed by atoms with van der Waals surface area (Å²) >= 11 is 0. The first-order valence-corrected chi connectivity index (χ1v) is 6.74. The first-order chi connectivity index (χ1) is 9.82. The van der Waals surface area contributed by atoms with Gasteiger partial charge in [-0.1, -0.05) is 19.3 Å². The molecule has 0 atom stereocenters. The summed E-state index contributed by atoms with van der Waals surface area (Å²) in [7, 11) is 0. The summed E-state index contributed by atoms with van der Waals surface area (Å²) in [6, 6.07) is 0.0892. The van der Waals surface area contributed by atoms with Crippen molar-refractivity contribution in [3.63, 3.8) is 0 Å². The number of anilines is 1. The Morgan fingerprint density at radius 2 is 1.62 bits per heavy atom. The Morgan fingerprint density at radius 3 is 2.14 bits per heavy atom. The number of carbonyl (C=O) groups is 1. The zero-order chi connectivity index (χ0) is 15.6. The molecule has 1 aliphatic carbocycles. The molecule has 1 aliphatic rings. The van der Waals surface area contributed by atoms with Crippen LogP contribution in [0.2, 0.25) is 0 Å². The molecule has 3 nitrogen and oxygen atoms in total. The molecule has 1 fully saturated rings. The summed E-state index contributed by atoms with van der Waals surface area (Å²) in [6.07, 6.45) is 3.89. The maximum Gasteiger partial charge on any atom is 0.226 e. The molecule has 0 aromatic heterocycles. The van der Waals surface area contributed by atoms with E-state index in [1.807, 2.05) is 5.32 Å². The van der Waals surface area contributed by atoms with Crippen LogP contribution in [0.25, 0.3) is 0 Å². The number of rotatable bonds is 3. The van der Waals surface area contributed by atoms with Crippen molar-refractivity contribution in [3.8, 4) is 0 Å². The van der Waals surface area contributed by atoms with E-state index in [0.29, 0.717) is 12.8 Å². The van der Waals surface area contributed by atoms with Crippen LogP contribution in [0.4, 0.5) is 23.2 Å². The van der Waals surface area contributed by atoms with Crippen molar-refractivity contribution in [3.05, 3.63) is 29.3 Å². The molecule has 0 saturated heterocycles. The van der Waals surface area contributed by atoms with E-state index in [2.05, 4.69) is 0 Å². The molecule has 7 heteroatoms. The van der Waals surface area contributed by atoms with Gasteiger partial charge in [-0.15, -0.1) is 0 Å². The Balaban J connectivity index is 2.13. The molecule has 1 amide bonds. The van der Waals surface area contributed by atoms with Crippen LogP contribution in [0.15, 0.2) is 6.07 Å². The second-order valence-electron chi connectivity index (χ2n) is 5.49. The largest absolute Gasteiger partial charge is 0.325 e. The first kappa shape index (κ1) is 15.8. The number of halogens is 4. The highest BCUT2D eigenvalue weighted by molar-refractivity contribution is 5.91. The van der Waals surface area contributed by atoms with E-state index in [0.717, 1.165) is 19.3 Å². The molecule has 0 bridgehead atoms. The summed E-state index contributed by atoms with van der Waals surface area (Å²) < 4.78 is 53.0. The second-order valence-corrected chi connectivity index (χ2v) is 5.49. The number of hydrogen-bond acceptors (Lipinski definition) is 2. The number of amides is 1. The summed E-state index contributed by atoms with van der Waals surface area (Å²) in [5, 5.41) is 1.88. The van der Waals surface area contributed by atoms with Gasteiger partial charge in [-0.05, 0) is 12.8 Å². The third-order valence-electron chi connectivity index (χ3n) is 3.74. The molecule has 0 spiro atoms. The van der Waals surface area contributed by atoms with Crippen LogP contribution in [0.3, 0.4) is 0 Å². The lowest BCUT2D eigenvalue weighted by Gasteiger charge is -2.32. The van der Waals surface area contributed by atoms with Gasteiger partial charge in [0, 0.05) is 18.0 Å². The van der Waals surface area contributed by atoms with Gasteiger partial charge in [0.25, 0.3) is 0 Å². The van der Waals surface area contributed by atoms with Crippen molar-refractivity contribution >= 4 is 11.6 Å². The van der Waals surface area contributed by atoms with Gasteiger partial charge in [0.2, 0.25) is 5.91 Å². The van der Waals surface area contributed by atoms with Gasteiger partial charge in [-0.3, -0.25) is 4.79 Å². The molecule has 116 valence electrons. The third-order valence-corrected chi connectivity index (χ3v) is 3.74. The van der Waals surface area contributed by atoms with E-state index in [1.165, 1.54) is 0 Å². The number of benzene rings is 1. The molecule has 1 aromatic rings. The number of nitrogens with two attached hydrogens (primary N) is 1. The van der Waals surface area contributed by atoms with E-state index < -0.39 is 40.4 Å².